The maximum absolute atomic E-state index is 12.0. The number of amides is 1. The van der Waals surface area contributed by atoms with Crippen LogP contribution in [0.5, 0.6) is 0 Å². The first-order chi connectivity index (χ1) is 8.53. The molecule has 19 heavy (non-hydrogen) atoms. The molecule has 2 rings (SSSR count). The minimum Gasteiger partial charge on any atom is -0.356 e. The Morgan fingerprint density at radius 1 is 1.32 bits per heavy atom. The third-order valence-corrected chi connectivity index (χ3v) is 5.17. The lowest BCUT2D eigenvalue weighted by molar-refractivity contribution is -0.122. The fourth-order valence-corrected chi connectivity index (χ4v) is 3.19. The zero-order chi connectivity index (χ0) is 13.2. The van der Waals surface area contributed by atoms with Gasteiger partial charge in [-0.2, -0.15) is 0 Å². The Bertz CT molecular complexity index is 303. The van der Waals surface area contributed by atoms with Crippen LogP contribution in [0.3, 0.4) is 0 Å². The molecule has 3 N–H and O–H groups in total. The molecule has 0 aromatic carbocycles. The van der Waals surface area contributed by atoms with Crippen molar-refractivity contribution in [3.05, 3.63) is 0 Å². The summed E-state index contributed by atoms with van der Waals surface area (Å²) < 4.78 is 0. The van der Waals surface area contributed by atoms with Crippen LogP contribution in [0.1, 0.15) is 58.8 Å². The van der Waals surface area contributed by atoms with Crippen LogP contribution >= 0.6 is 12.4 Å². The monoisotopic (exact) mass is 288 g/mol. The van der Waals surface area contributed by atoms with Gasteiger partial charge in [-0.3, -0.25) is 4.79 Å². The van der Waals surface area contributed by atoms with Crippen LogP contribution in [0.25, 0.3) is 0 Å². The van der Waals surface area contributed by atoms with Gasteiger partial charge in [-0.05, 0) is 42.9 Å². The van der Waals surface area contributed by atoms with Crippen LogP contribution < -0.4 is 11.1 Å². The summed E-state index contributed by atoms with van der Waals surface area (Å²) in [7, 11) is 0. The van der Waals surface area contributed by atoms with E-state index in [9.17, 15) is 4.79 Å². The molecule has 3 nitrogen and oxygen atoms in total. The Morgan fingerprint density at radius 2 is 1.95 bits per heavy atom. The Kier molecular flexibility index (Phi) is 6.13. The van der Waals surface area contributed by atoms with Crippen molar-refractivity contribution >= 4 is 18.3 Å². The molecule has 1 amide bonds. The summed E-state index contributed by atoms with van der Waals surface area (Å²) in [6.45, 7) is 5.39. The predicted octanol–water partition coefficient (Wildman–Crippen LogP) is 2.87. The van der Waals surface area contributed by atoms with Crippen molar-refractivity contribution < 1.29 is 4.79 Å². The second-order valence-electron chi connectivity index (χ2n) is 6.71. The molecule has 0 aromatic rings. The van der Waals surface area contributed by atoms with Gasteiger partial charge in [0.05, 0.1) is 0 Å². The minimum absolute atomic E-state index is 0. The summed E-state index contributed by atoms with van der Waals surface area (Å²) in [6.07, 6.45) is 7.87. The third kappa shape index (κ3) is 4.35. The normalized spacial score (nSPS) is 28.6. The predicted molar refractivity (Wildman–Crippen MR) is 81.3 cm³/mol. The van der Waals surface area contributed by atoms with Crippen LogP contribution in [0.2, 0.25) is 0 Å². The highest BCUT2D eigenvalue weighted by Gasteiger charge is 2.45. The number of nitrogens with one attached hydrogen (secondary N) is 1. The number of nitrogens with two attached hydrogens (primary N) is 1. The second kappa shape index (κ2) is 6.94. The van der Waals surface area contributed by atoms with E-state index in [0.717, 1.165) is 19.4 Å². The van der Waals surface area contributed by atoms with Gasteiger partial charge in [0.25, 0.3) is 0 Å². The van der Waals surface area contributed by atoms with Crippen LogP contribution in [0.4, 0.5) is 0 Å². The zero-order valence-electron chi connectivity index (χ0n) is 12.3. The summed E-state index contributed by atoms with van der Waals surface area (Å²) >= 11 is 0. The SMILES string of the molecule is CC(C)C1(CNC(=O)CC2CCCCC2N)CC1.Cl. The minimum atomic E-state index is 0. The summed E-state index contributed by atoms with van der Waals surface area (Å²) in [6, 6.07) is 0.240. The number of rotatable bonds is 5. The van der Waals surface area contributed by atoms with E-state index in [1.54, 1.807) is 0 Å². The van der Waals surface area contributed by atoms with Gasteiger partial charge in [-0.1, -0.05) is 26.7 Å². The van der Waals surface area contributed by atoms with E-state index in [0.29, 0.717) is 23.7 Å². The van der Waals surface area contributed by atoms with Crippen molar-refractivity contribution in [2.45, 2.75) is 64.8 Å². The Morgan fingerprint density at radius 3 is 2.47 bits per heavy atom. The van der Waals surface area contributed by atoms with Gasteiger partial charge < -0.3 is 11.1 Å². The van der Waals surface area contributed by atoms with Crippen molar-refractivity contribution in [2.75, 3.05) is 6.54 Å². The molecule has 0 spiro atoms. The Hall–Kier alpha value is -0.280. The van der Waals surface area contributed by atoms with Crippen LogP contribution in [0, 0.1) is 17.3 Å². The van der Waals surface area contributed by atoms with E-state index in [1.165, 1.54) is 25.7 Å². The lowest BCUT2D eigenvalue weighted by atomic mass is 9.83. The molecule has 0 aliphatic heterocycles. The van der Waals surface area contributed by atoms with Crippen LogP contribution in [-0.4, -0.2) is 18.5 Å². The van der Waals surface area contributed by atoms with Gasteiger partial charge >= 0.3 is 0 Å². The molecular formula is C15H29ClN2O. The average molecular weight is 289 g/mol. The third-order valence-electron chi connectivity index (χ3n) is 5.17. The molecule has 2 fully saturated rings. The van der Waals surface area contributed by atoms with Gasteiger partial charge in [0.1, 0.15) is 0 Å². The van der Waals surface area contributed by atoms with E-state index in [1.807, 2.05) is 0 Å². The first-order valence-corrected chi connectivity index (χ1v) is 7.56. The molecule has 2 atom stereocenters. The van der Waals surface area contributed by atoms with Crippen molar-refractivity contribution in [1.29, 1.82) is 0 Å². The van der Waals surface area contributed by atoms with Crippen molar-refractivity contribution in [3.8, 4) is 0 Å². The van der Waals surface area contributed by atoms with E-state index >= 15 is 0 Å². The summed E-state index contributed by atoms with van der Waals surface area (Å²) in [5.41, 5.74) is 6.50. The second-order valence-corrected chi connectivity index (χ2v) is 6.71. The number of carbonyl (C=O) groups excluding carboxylic acids is 1. The number of hydrogen-bond donors (Lipinski definition) is 2. The summed E-state index contributed by atoms with van der Waals surface area (Å²) in [5, 5.41) is 3.14. The van der Waals surface area contributed by atoms with Gasteiger partial charge in [0.2, 0.25) is 5.91 Å². The molecule has 2 saturated carbocycles. The standard InChI is InChI=1S/C15H28N2O.ClH/c1-11(2)15(7-8-15)10-17-14(18)9-12-5-3-4-6-13(12)16;/h11-13H,3-10,16H2,1-2H3,(H,17,18);1H. The molecular weight excluding hydrogens is 260 g/mol. The van der Waals surface area contributed by atoms with E-state index in [2.05, 4.69) is 19.2 Å². The first-order valence-electron chi connectivity index (χ1n) is 7.56. The molecule has 0 radical (unpaired) electrons. The first kappa shape index (κ1) is 16.8. The molecule has 0 aromatic heterocycles. The van der Waals surface area contributed by atoms with Gasteiger partial charge in [0, 0.05) is 19.0 Å². The van der Waals surface area contributed by atoms with Gasteiger partial charge in [-0.25, -0.2) is 0 Å². The fourth-order valence-electron chi connectivity index (χ4n) is 3.19. The molecule has 2 aliphatic rings. The molecule has 2 aliphatic carbocycles. The Labute approximate surface area is 123 Å². The highest BCUT2D eigenvalue weighted by Crippen LogP contribution is 2.51. The van der Waals surface area contributed by atoms with Gasteiger partial charge in [0.15, 0.2) is 0 Å². The van der Waals surface area contributed by atoms with Crippen LogP contribution in [0.15, 0.2) is 0 Å². The van der Waals surface area contributed by atoms with Crippen molar-refractivity contribution in [2.24, 2.45) is 23.0 Å². The topological polar surface area (TPSA) is 55.1 Å². The maximum Gasteiger partial charge on any atom is 0.220 e. The van der Waals surface area contributed by atoms with E-state index < -0.39 is 0 Å². The largest absolute Gasteiger partial charge is 0.356 e. The van der Waals surface area contributed by atoms with Gasteiger partial charge in [-0.15, -0.1) is 12.4 Å². The highest BCUT2D eigenvalue weighted by atomic mass is 35.5. The Balaban J connectivity index is 0.00000180. The quantitative estimate of drug-likeness (QED) is 0.817. The van der Waals surface area contributed by atoms with E-state index in [-0.39, 0.29) is 24.4 Å². The van der Waals surface area contributed by atoms with E-state index in [4.69, 9.17) is 5.73 Å². The molecule has 0 saturated heterocycles. The number of halogens is 1. The van der Waals surface area contributed by atoms with Crippen molar-refractivity contribution in [3.63, 3.8) is 0 Å². The zero-order valence-corrected chi connectivity index (χ0v) is 13.1. The molecule has 2 unspecified atom stereocenters. The average Bonchev–Trinajstić information content (AvgIpc) is 3.11. The lowest BCUT2D eigenvalue weighted by Gasteiger charge is -2.28. The fraction of sp³-hybridized carbons (Fsp3) is 0.933. The van der Waals surface area contributed by atoms with Crippen LogP contribution in [-0.2, 0) is 4.79 Å². The van der Waals surface area contributed by atoms with Crippen molar-refractivity contribution in [1.82, 2.24) is 5.32 Å². The number of carbonyl (C=O) groups is 1. The smallest absolute Gasteiger partial charge is 0.220 e. The summed E-state index contributed by atoms with van der Waals surface area (Å²) in [4.78, 5) is 12.0. The molecule has 0 bridgehead atoms. The highest BCUT2D eigenvalue weighted by molar-refractivity contribution is 5.85. The molecule has 112 valence electrons. The maximum atomic E-state index is 12.0. The molecule has 0 heterocycles. The lowest BCUT2D eigenvalue weighted by Crippen LogP contribution is -2.39. The molecule has 4 heteroatoms. The number of hydrogen-bond acceptors (Lipinski definition) is 2. The summed E-state index contributed by atoms with van der Waals surface area (Å²) in [5.74, 6) is 1.30.